The number of aromatic nitrogens is 2. The Kier molecular flexibility index (Phi) is 4.39. The van der Waals surface area contributed by atoms with Gasteiger partial charge in [0.2, 0.25) is 0 Å². The van der Waals surface area contributed by atoms with E-state index in [4.69, 9.17) is 4.74 Å². The molecule has 0 unspecified atom stereocenters. The van der Waals surface area contributed by atoms with Crippen molar-refractivity contribution in [2.45, 2.75) is 25.4 Å². The smallest absolute Gasteiger partial charge is 0.319 e. The Morgan fingerprint density at radius 1 is 1.45 bits per heavy atom. The molecule has 1 atom stereocenters. The fourth-order valence-corrected chi connectivity index (χ4v) is 2.77. The predicted octanol–water partition coefficient (Wildman–Crippen LogP) is 2.34. The van der Waals surface area contributed by atoms with E-state index in [1.165, 1.54) is 11.1 Å². The number of methoxy groups -OCH3 is 1. The van der Waals surface area contributed by atoms with E-state index in [1.54, 1.807) is 24.2 Å². The maximum atomic E-state index is 12.1. The zero-order valence-electron chi connectivity index (χ0n) is 12.6. The van der Waals surface area contributed by atoms with Gasteiger partial charge in [-0.15, -0.1) is 0 Å². The molecule has 2 aromatic rings. The number of amides is 2. The molecule has 6 nitrogen and oxygen atoms in total. The van der Waals surface area contributed by atoms with Crippen molar-refractivity contribution >= 4 is 11.7 Å². The van der Waals surface area contributed by atoms with Crippen LogP contribution >= 0.6 is 0 Å². The summed E-state index contributed by atoms with van der Waals surface area (Å²) in [6.45, 7) is 1.25. The van der Waals surface area contributed by atoms with Gasteiger partial charge in [0.15, 0.2) is 0 Å². The van der Waals surface area contributed by atoms with Crippen molar-refractivity contribution in [3.05, 3.63) is 47.8 Å². The molecular weight excluding hydrogens is 280 g/mol. The first-order valence-electron chi connectivity index (χ1n) is 7.43. The largest absolute Gasteiger partial charge is 0.383 e. The summed E-state index contributed by atoms with van der Waals surface area (Å²) in [5.74, 6) is 0. The van der Waals surface area contributed by atoms with Crippen LogP contribution in [0.15, 0.2) is 36.7 Å². The Morgan fingerprint density at radius 3 is 3.18 bits per heavy atom. The zero-order valence-corrected chi connectivity index (χ0v) is 12.6. The summed E-state index contributed by atoms with van der Waals surface area (Å²) in [5.41, 5.74) is 3.22. The highest BCUT2D eigenvalue weighted by Gasteiger charge is 2.23. The Labute approximate surface area is 129 Å². The number of carbonyl (C=O) groups is 1. The van der Waals surface area contributed by atoms with E-state index in [9.17, 15) is 4.79 Å². The van der Waals surface area contributed by atoms with Crippen LogP contribution in [-0.4, -0.2) is 29.5 Å². The molecule has 1 aliphatic carbocycles. The van der Waals surface area contributed by atoms with Gasteiger partial charge in [0.1, 0.15) is 0 Å². The first-order valence-corrected chi connectivity index (χ1v) is 7.43. The molecule has 0 aliphatic heterocycles. The molecule has 0 fully saturated rings. The minimum absolute atomic E-state index is 0.0831. The number of hydrogen-bond donors (Lipinski definition) is 2. The van der Waals surface area contributed by atoms with Crippen LogP contribution in [0.3, 0.4) is 0 Å². The monoisotopic (exact) mass is 300 g/mol. The number of hydrogen-bond acceptors (Lipinski definition) is 3. The van der Waals surface area contributed by atoms with Gasteiger partial charge in [0, 0.05) is 13.3 Å². The lowest BCUT2D eigenvalue weighted by atomic mass is 10.1. The molecule has 0 spiro atoms. The third-order valence-corrected chi connectivity index (χ3v) is 3.85. The summed E-state index contributed by atoms with van der Waals surface area (Å²) < 4.78 is 6.74. The highest BCUT2D eigenvalue weighted by Crippen LogP contribution is 2.30. The van der Waals surface area contributed by atoms with E-state index in [2.05, 4.69) is 27.9 Å². The molecule has 1 aliphatic rings. The van der Waals surface area contributed by atoms with Gasteiger partial charge >= 0.3 is 6.03 Å². The van der Waals surface area contributed by atoms with E-state index in [1.807, 2.05) is 12.1 Å². The summed E-state index contributed by atoms with van der Waals surface area (Å²) in [6.07, 6.45) is 5.38. The maximum absolute atomic E-state index is 12.1. The topological polar surface area (TPSA) is 68.2 Å². The molecule has 0 saturated carbocycles. The van der Waals surface area contributed by atoms with Gasteiger partial charge in [-0.3, -0.25) is 4.68 Å². The molecule has 1 aromatic carbocycles. The van der Waals surface area contributed by atoms with Crippen molar-refractivity contribution in [1.82, 2.24) is 15.1 Å². The molecule has 3 rings (SSSR count). The Bertz CT molecular complexity index is 653. The second-order valence-electron chi connectivity index (χ2n) is 5.37. The van der Waals surface area contributed by atoms with E-state index < -0.39 is 0 Å². The number of carbonyl (C=O) groups excluding carboxylic acids is 1. The number of fused-ring (bicyclic) bond motifs is 1. The minimum Gasteiger partial charge on any atom is -0.383 e. The molecule has 1 heterocycles. The molecular formula is C16H20N4O2. The third kappa shape index (κ3) is 3.28. The number of nitrogens with zero attached hydrogens (tertiary/aromatic N) is 2. The average molecular weight is 300 g/mol. The van der Waals surface area contributed by atoms with Gasteiger partial charge < -0.3 is 15.4 Å². The summed E-state index contributed by atoms with van der Waals surface area (Å²) >= 11 is 0. The first kappa shape index (κ1) is 14.6. The Balaban J connectivity index is 1.56. The van der Waals surface area contributed by atoms with Crippen LogP contribution in [-0.2, 0) is 17.7 Å². The van der Waals surface area contributed by atoms with Crippen molar-refractivity contribution in [3.63, 3.8) is 0 Å². The predicted molar refractivity (Wildman–Crippen MR) is 83.8 cm³/mol. The number of aryl methyl sites for hydroxylation is 1. The lowest BCUT2D eigenvalue weighted by Crippen LogP contribution is -2.31. The van der Waals surface area contributed by atoms with E-state index in [0.29, 0.717) is 18.8 Å². The van der Waals surface area contributed by atoms with Crippen LogP contribution in [0, 0.1) is 0 Å². The van der Waals surface area contributed by atoms with Gasteiger partial charge in [-0.1, -0.05) is 24.3 Å². The highest BCUT2D eigenvalue weighted by atomic mass is 16.5. The zero-order chi connectivity index (χ0) is 15.4. The van der Waals surface area contributed by atoms with Crippen molar-refractivity contribution < 1.29 is 9.53 Å². The Hall–Kier alpha value is -2.34. The van der Waals surface area contributed by atoms with E-state index in [0.717, 1.165) is 12.8 Å². The Morgan fingerprint density at radius 2 is 2.32 bits per heavy atom. The molecule has 0 bridgehead atoms. The summed E-state index contributed by atoms with van der Waals surface area (Å²) in [5, 5.41) is 10.0. The van der Waals surface area contributed by atoms with Gasteiger partial charge in [-0.25, -0.2) is 4.79 Å². The van der Waals surface area contributed by atoms with Crippen LogP contribution in [0.25, 0.3) is 0 Å². The summed E-state index contributed by atoms with van der Waals surface area (Å²) in [7, 11) is 1.65. The summed E-state index contributed by atoms with van der Waals surface area (Å²) in [4.78, 5) is 12.1. The van der Waals surface area contributed by atoms with Crippen molar-refractivity contribution in [2.75, 3.05) is 19.0 Å². The van der Waals surface area contributed by atoms with Gasteiger partial charge in [-0.05, 0) is 24.0 Å². The quantitative estimate of drug-likeness (QED) is 0.890. The average Bonchev–Trinajstić information content (AvgIpc) is 3.13. The SMILES string of the molecule is COCCn1cc(NC(=O)N[C@H]2CCc3ccccc32)cn1. The molecule has 0 radical (unpaired) electrons. The van der Waals surface area contributed by atoms with Crippen LogP contribution in [0.2, 0.25) is 0 Å². The molecule has 116 valence electrons. The number of rotatable bonds is 5. The first-order chi connectivity index (χ1) is 10.8. The van der Waals surface area contributed by atoms with Crippen LogP contribution in [0.4, 0.5) is 10.5 Å². The number of urea groups is 1. The molecule has 2 amide bonds. The van der Waals surface area contributed by atoms with E-state index >= 15 is 0 Å². The van der Waals surface area contributed by atoms with Crippen molar-refractivity contribution in [2.24, 2.45) is 0 Å². The molecule has 2 N–H and O–H groups in total. The van der Waals surface area contributed by atoms with Gasteiger partial charge in [-0.2, -0.15) is 5.10 Å². The second-order valence-corrected chi connectivity index (χ2v) is 5.37. The lowest BCUT2D eigenvalue weighted by molar-refractivity contribution is 0.183. The maximum Gasteiger partial charge on any atom is 0.319 e. The van der Waals surface area contributed by atoms with Crippen LogP contribution < -0.4 is 10.6 Å². The van der Waals surface area contributed by atoms with Crippen molar-refractivity contribution in [3.8, 4) is 0 Å². The number of nitrogens with one attached hydrogen (secondary N) is 2. The number of ether oxygens (including phenoxy) is 1. The molecule has 22 heavy (non-hydrogen) atoms. The fourth-order valence-electron chi connectivity index (χ4n) is 2.77. The highest BCUT2D eigenvalue weighted by molar-refractivity contribution is 5.89. The normalized spacial score (nSPS) is 16.3. The number of benzene rings is 1. The van der Waals surface area contributed by atoms with Crippen LogP contribution in [0.5, 0.6) is 0 Å². The van der Waals surface area contributed by atoms with Crippen LogP contribution in [0.1, 0.15) is 23.6 Å². The minimum atomic E-state index is -0.201. The van der Waals surface area contributed by atoms with Gasteiger partial charge in [0.25, 0.3) is 0 Å². The molecule has 6 heteroatoms. The summed E-state index contributed by atoms with van der Waals surface area (Å²) in [6, 6.07) is 8.13. The van der Waals surface area contributed by atoms with Gasteiger partial charge in [0.05, 0.1) is 31.1 Å². The molecule has 1 aromatic heterocycles. The standard InChI is InChI=1S/C16H20N4O2/c1-22-9-8-20-11-13(10-17-20)18-16(21)19-15-7-6-12-4-2-3-5-14(12)15/h2-5,10-11,15H,6-9H2,1H3,(H2,18,19,21)/t15-/m0/s1. The number of anilines is 1. The second kappa shape index (κ2) is 6.62. The van der Waals surface area contributed by atoms with Crippen molar-refractivity contribution in [1.29, 1.82) is 0 Å². The fraction of sp³-hybridized carbons (Fsp3) is 0.375. The third-order valence-electron chi connectivity index (χ3n) is 3.85. The lowest BCUT2D eigenvalue weighted by Gasteiger charge is -2.14. The van der Waals surface area contributed by atoms with E-state index in [-0.39, 0.29) is 12.1 Å². The molecule has 0 saturated heterocycles.